The first kappa shape index (κ1) is 13.8. The maximum Gasteiger partial charge on any atom is 0.188 e. The molecule has 0 unspecified atom stereocenters. The van der Waals surface area contributed by atoms with Gasteiger partial charge in [-0.25, -0.2) is 12.8 Å². The summed E-state index contributed by atoms with van der Waals surface area (Å²) in [6.45, 7) is 0.514. The molecule has 0 amide bonds. The molecule has 2 rings (SSSR count). The highest BCUT2D eigenvalue weighted by molar-refractivity contribution is 7.90. The summed E-state index contributed by atoms with van der Waals surface area (Å²) in [4.78, 5) is -0.304. The number of nitrogens with one attached hydrogen (secondary N) is 1. The number of halogens is 1. The van der Waals surface area contributed by atoms with E-state index in [-0.39, 0.29) is 10.6 Å². The molecule has 102 valence electrons. The first-order chi connectivity index (χ1) is 9.03. The average molecular weight is 283 g/mol. The lowest BCUT2D eigenvalue weighted by atomic mass is 10.3. The molecule has 6 heteroatoms. The second-order valence-corrected chi connectivity index (χ2v) is 6.05. The molecule has 0 atom stereocenters. The van der Waals surface area contributed by atoms with Crippen molar-refractivity contribution in [3.05, 3.63) is 53.7 Å². The van der Waals surface area contributed by atoms with Gasteiger partial charge in [-0.3, -0.25) is 0 Å². The summed E-state index contributed by atoms with van der Waals surface area (Å²) in [5.41, 5.74) is 0. The molecule has 4 nitrogen and oxygen atoms in total. The molecule has 2 aromatic rings. The van der Waals surface area contributed by atoms with E-state index < -0.39 is 15.7 Å². The van der Waals surface area contributed by atoms with Gasteiger partial charge >= 0.3 is 0 Å². The molecule has 0 aliphatic carbocycles. The van der Waals surface area contributed by atoms with Gasteiger partial charge in [0, 0.05) is 0 Å². The highest BCUT2D eigenvalue weighted by Gasteiger charge is 2.21. The third kappa shape index (κ3) is 3.21. The normalized spacial score (nSPS) is 11.7. The van der Waals surface area contributed by atoms with E-state index in [0.717, 1.165) is 6.07 Å². The fourth-order valence-electron chi connectivity index (χ4n) is 1.73. The van der Waals surface area contributed by atoms with E-state index in [2.05, 4.69) is 5.32 Å². The Labute approximate surface area is 111 Å². The van der Waals surface area contributed by atoms with E-state index in [9.17, 15) is 12.8 Å². The third-order valence-corrected chi connectivity index (χ3v) is 4.24. The average Bonchev–Trinajstić information content (AvgIpc) is 2.76. The van der Waals surface area contributed by atoms with Crippen molar-refractivity contribution in [3.63, 3.8) is 0 Å². The van der Waals surface area contributed by atoms with Crippen molar-refractivity contribution in [3.8, 4) is 0 Å². The molecule has 0 fully saturated rings. The van der Waals surface area contributed by atoms with Crippen LogP contribution in [0.25, 0.3) is 0 Å². The number of sulfone groups is 1. The maximum absolute atomic E-state index is 13.5. The molecule has 1 heterocycles. The molecule has 0 spiro atoms. The van der Waals surface area contributed by atoms with Gasteiger partial charge in [-0.05, 0) is 31.3 Å². The second kappa shape index (κ2) is 5.54. The number of hydrogen-bond donors (Lipinski definition) is 1. The molecule has 0 saturated carbocycles. The molecule has 19 heavy (non-hydrogen) atoms. The predicted molar refractivity (Wildman–Crippen MR) is 68.8 cm³/mol. The zero-order valence-electron chi connectivity index (χ0n) is 10.4. The number of rotatable bonds is 5. The highest BCUT2D eigenvalue weighted by atomic mass is 32.2. The van der Waals surface area contributed by atoms with E-state index in [1.165, 1.54) is 18.2 Å². The smallest absolute Gasteiger partial charge is 0.188 e. The van der Waals surface area contributed by atoms with Crippen LogP contribution >= 0.6 is 0 Å². The van der Waals surface area contributed by atoms with Crippen molar-refractivity contribution in [1.29, 1.82) is 0 Å². The van der Waals surface area contributed by atoms with Gasteiger partial charge in [-0.15, -0.1) is 0 Å². The minimum Gasteiger partial charge on any atom is -0.464 e. The molecule has 0 radical (unpaired) electrons. The molecule has 0 aliphatic rings. The van der Waals surface area contributed by atoms with Crippen molar-refractivity contribution < 1.29 is 17.2 Å². The lowest BCUT2D eigenvalue weighted by Gasteiger charge is -2.03. The van der Waals surface area contributed by atoms with E-state index in [1.807, 2.05) is 0 Å². The standard InChI is InChI=1S/C13H14FNO3S/c1-15-8-10-6-7-11(18-10)9-19(16,17)13-5-3-2-4-12(13)14/h2-7,15H,8-9H2,1H3. The van der Waals surface area contributed by atoms with Crippen molar-refractivity contribution in [2.45, 2.75) is 17.2 Å². The van der Waals surface area contributed by atoms with Gasteiger partial charge in [0.2, 0.25) is 0 Å². The van der Waals surface area contributed by atoms with Gasteiger partial charge < -0.3 is 9.73 Å². The van der Waals surface area contributed by atoms with Crippen LogP contribution in [0.2, 0.25) is 0 Å². The molecule has 1 aromatic carbocycles. The largest absolute Gasteiger partial charge is 0.464 e. The van der Waals surface area contributed by atoms with Crippen LogP contribution in [-0.4, -0.2) is 15.5 Å². The fraction of sp³-hybridized carbons (Fsp3) is 0.231. The van der Waals surface area contributed by atoms with Gasteiger partial charge in [0.05, 0.1) is 6.54 Å². The van der Waals surface area contributed by atoms with E-state index in [1.54, 1.807) is 19.2 Å². The van der Waals surface area contributed by atoms with Crippen LogP contribution in [0.3, 0.4) is 0 Å². The molecule has 1 N–H and O–H groups in total. The zero-order valence-corrected chi connectivity index (χ0v) is 11.2. The van der Waals surface area contributed by atoms with Gasteiger partial charge in [-0.1, -0.05) is 12.1 Å². The van der Waals surface area contributed by atoms with Crippen LogP contribution < -0.4 is 5.32 Å². The second-order valence-electron chi connectivity index (χ2n) is 4.09. The van der Waals surface area contributed by atoms with Crippen LogP contribution in [0.4, 0.5) is 4.39 Å². The van der Waals surface area contributed by atoms with Crippen LogP contribution in [-0.2, 0) is 22.1 Å². The summed E-state index contributed by atoms with van der Waals surface area (Å²) in [6, 6.07) is 8.61. The molecule has 0 bridgehead atoms. The van der Waals surface area contributed by atoms with Crippen molar-refractivity contribution in [1.82, 2.24) is 5.32 Å². The van der Waals surface area contributed by atoms with Crippen LogP contribution in [0.15, 0.2) is 45.7 Å². The number of benzene rings is 1. The number of furan rings is 1. The fourth-order valence-corrected chi connectivity index (χ4v) is 3.07. The lowest BCUT2D eigenvalue weighted by Crippen LogP contribution is -2.07. The van der Waals surface area contributed by atoms with Gasteiger partial charge in [0.1, 0.15) is 28.0 Å². The molecule has 0 aliphatic heterocycles. The van der Waals surface area contributed by atoms with Gasteiger partial charge in [0.25, 0.3) is 0 Å². The minimum absolute atomic E-state index is 0.300. The molecule has 1 aromatic heterocycles. The van der Waals surface area contributed by atoms with Crippen LogP contribution in [0.5, 0.6) is 0 Å². The molecular weight excluding hydrogens is 269 g/mol. The van der Waals surface area contributed by atoms with Crippen molar-refractivity contribution in [2.75, 3.05) is 7.05 Å². The van der Waals surface area contributed by atoms with E-state index in [0.29, 0.717) is 18.1 Å². The maximum atomic E-state index is 13.5. The Morgan fingerprint density at radius 2 is 1.84 bits per heavy atom. The summed E-state index contributed by atoms with van der Waals surface area (Å²) in [5.74, 6) is -0.156. The minimum atomic E-state index is -3.73. The van der Waals surface area contributed by atoms with Crippen LogP contribution in [0.1, 0.15) is 11.5 Å². The summed E-state index contributed by atoms with van der Waals surface area (Å²) in [7, 11) is -1.97. The highest BCUT2D eigenvalue weighted by Crippen LogP contribution is 2.20. The monoisotopic (exact) mass is 283 g/mol. The summed E-state index contributed by atoms with van der Waals surface area (Å²) in [6.07, 6.45) is 0. The number of hydrogen-bond acceptors (Lipinski definition) is 4. The topological polar surface area (TPSA) is 59.3 Å². The SMILES string of the molecule is CNCc1ccc(CS(=O)(=O)c2ccccc2F)o1. The summed E-state index contributed by atoms with van der Waals surface area (Å²) >= 11 is 0. The Kier molecular flexibility index (Phi) is 4.01. The Hall–Kier alpha value is -1.66. The Morgan fingerprint density at radius 3 is 2.53 bits per heavy atom. The predicted octanol–water partition coefficient (Wildman–Crippen LogP) is 2.11. The first-order valence-electron chi connectivity index (χ1n) is 5.72. The Bertz CT molecular complexity index is 664. The lowest BCUT2D eigenvalue weighted by molar-refractivity contribution is 0.464. The quantitative estimate of drug-likeness (QED) is 0.913. The molecular formula is C13H14FNO3S. The van der Waals surface area contributed by atoms with Gasteiger partial charge in [0.15, 0.2) is 9.84 Å². The Balaban J connectivity index is 2.24. The Morgan fingerprint density at radius 1 is 1.16 bits per heavy atom. The van der Waals surface area contributed by atoms with Crippen molar-refractivity contribution in [2.24, 2.45) is 0 Å². The molecule has 0 saturated heterocycles. The first-order valence-corrected chi connectivity index (χ1v) is 7.37. The zero-order chi connectivity index (χ0) is 13.9. The van der Waals surface area contributed by atoms with E-state index in [4.69, 9.17) is 4.42 Å². The van der Waals surface area contributed by atoms with E-state index >= 15 is 0 Å². The van der Waals surface area contributed by atoms with Crippen molar-refractivity contribution >= 4 is 9.84 Å². The third-order valence-electron chi connectivity index (χ3n) is 2.57. The van der Waals surface area contributed by atoms with Gasteiger partial charge in [-0.2, -0.15) is 0 Å². The van der Waals surface area contributed by atoms with Crippen LogP contribution in [0, 0.1) is 5.82 Å². The summed E-state index contributed by atoms with van der Waals surface area (Å²) < 4.78 is 43.0. The summed E-state index contributed by atoms with van der Waals surface area (Å²) in [5, 5.41) is 2.90.